The predicted octanol–water partition coefficient (Wildman–Crippen LogP) is 2.19. The molecule has 5 heteroatoms. The molecule has 1 aliphatic rings. The smallest absolute Gasteiger partial charge is 0.166 e. The molecule has 0 unspecified atom stereocenters. The number of hydrogen-bond acceptors (Lipinski definition) is 4. The summed E-state index contributed by atoms with van der Waals surface area (Å²) in [5, 5.41) is 7.57. The number of fused-ring (bicyclic) bond motifs is 1. The molecule has 0 fully saturated rings. The summed E-state index contributed by atoms with van der Waals surface area (Å²) in [5.74, 6) is 2.54. The van der Waals surface area contributed by atoms with Crippen molar-refractivity contribution in [1.29, 1.82) is 0 Å². The van der Waals surface area contributed by atoms with E-state index >= 15 is 0 Å². The van der Waals surface area contributed by atoms with Gasteiger partial charge in [0.1, 0.15) is 5.82 Å². The van der Waals surface area contributed by atoms with E-state index in [1.807, 2.05) is 37.5 Å². The highest BCUT2D eigenvalue weighted by atomic mass is 16.5. The topological polar surface area (TPSA) is 48.3 Å². The zero-order chi connectivity index (χ0) is 13.1. The minimum absolute atomic E-state index is 0.670. The molecule has 0 saturated heterocycles. The van der Waals surface area contributed by atoms with Crippen LogP contribution in [-0.4, -0.2) is 23.0 Å². The lowest BCUT2D eigenvalue weighted by atomic mass is 10.2. The molecule has 1 aromatic carbocycles. The fourth-order valence-corrected chi connectivity index (χ4v) is 2.09. The van der Waals surface area contributed by atoms with E-state index < -0.39 is 0 Å². The first-order valence-electron chi connectivity index (χ1n) is 6.44. The quantitative estimate of drug-likeness (QED) is 0.918. The molecule has 1 aliphatic heterocycles. The van der Waals surface area contributed by atoms with Gasteiger partial charge in [0.05, 0.1) is 13.2 Å². The van der Waals surface area contributed by atoms with Gasteiger partial charge in [0, 0.05) is 37.8 Å². The van der Waals surface area contributed by atoms with Crippen LogP contribution in [0.3, 0.4) is 0 Å². The lowest BCUT2D eigenvalue weighted by molar-refractivity contribution is 0.296. The molecule has 0 aliphatic carbocycles. The molecule has 0 atom stereocenters. The van der Waals surface area contributed by atoms with Crippen LogP contribution < -0.4 is 14.8 Å². The standard InChI is InChI=1S/C14H17N3O2/c1-17-7-6-13(16-17)15-10-11-4-2-5-12-14(11)19-9-3-8-18-12/h2,4-7H,3,8-10H2,1H3,(H,15,16). The van der Waals surface area contributed by atoms with Crippen LogP contribution in [0.5, 0.6) is 11.5 Å². The monoisotopic (exact) mass is 259 g/mol. The summed E-state index contributed by atoms with van der Waals surface area (Å²) in [6.45, 7) is 2.08. The number of anilines is 1. The van der Waals surface area contributed by atoms with Gasteiger partial charge in [0.25, 0.3) is 0 Å². The third-order valence-corrected chi connectivity index (χ3v) is 3.03. The second-order valence-electron chi connectivity index (χ2n) is 4.52. The summed E-state index contributed by atoms with van der Waals surface area (Å²) in [6.07, 6.45) is 2.83. The fourth-order valence-electron chi connectivity index (χ4n) is 2.09. The molecule has 0 bridgehead atoms. The zero-order valence-corrected chi connectivity index (χ0v) is 10.9. The van der Waals surface area contributed by atoms with E-state index in [4.69, 9.17) is 9.47 Å². The van der Waals surface area contributed by atoms with Gasteiger partial charge in [0.15, 0.2) is 11.5 Å². The van der Waals surface area contributed by atoms with E-state index in [2.05, 4.69) is 10.4 Å². The van der Waals surface area contributed by atoms with Crippen molar-refractivity contribution < 1.29 is 9.47 Å². The highest BCUT2D eigenvalue weighted by Crippen LogP contribution is 2.33. The second kappa shape index (κ2) is 5.22. The Hall–Kier alpha value is -2.17. The molecule has 2 aromatic rings. The Balaban J connectivity index is 1.77. The van der Waals surface area contributed by atoms with Gasteiger partial charge in [-0.15, -0.1) is 0 Å². The molecule has 0 radical (unpaired) electrons. The molecular weight excluding hydrogens is 242 g/mol. The Kier molecular flexibility index (Phi) is 3.27. The average molecular weight is 259 g/mol. The molecule has 0 saturated carbocycles. The van der Waals surface area contributed by atoms with Crippen molar-refractivity contribution in [3.05, 3.63) is 36.0 Å². The molecule has 1 N–H and O–H groups in total. The van der Waals surface area contributed by atoms with E-state index in [9.17, 15) is 0 Å². The number of ether oxygens (including phenoxy) is 2. The Morgan fingerprint density at radius 1 is 1.26 bits per heavy atom. The Labute approximate surface area is 112 Å². The van der Waals surface area contributed by atoms with E-state index in [1.54, 1.807) is 4.68 Å². The van der Waals surface area contributed by atoms with Crippen molar-refractivity contribution in [2.75, 3.05) is 18.5 Å². The highest BCUT2D eigenvalue weighted by Gasteiger charge is 2.14. The maximum absolute atomic E-state index is 5.78. The Bertz CT molecular complexity index is 566. The lowest BCUT2D eigenvalue weighted by Gasteiger charge is -2.12. The van der Waals surface area contributed by atoms with Crippen molar-refractivity contribution in [3.8, 4) is 11.5 Å². The SMILES string of the molecule is Cn1ccc(NCc2cccc3c2OCCCO3)n1. The van der Waals surface area contributed by atoms with Gasteiger partial charge in [0.2, 0.25) is 0 Å². The van der Waals surface area contributed by atoms with E-state index in [0.717, 1.165) is 29.3 Å². The van der Waals surface area contributed by atoms with Gasteiger partial charge >= 0.3 is 0 Å². The van der Waals surface area contributed by atoms with Crippen LogP contribution in [0, 0.1) is 0 Å². The summed E-state index contributed by atoms with van der Waals surface area (Å²) in [5.41, 5.74) is 1.09. The van der Waals surface area contributed by atoms with Gasteiger partial charge in [-0.1, -0.05) is 12.1 Å². The van der Waals surface area contributed by atoms with E-state index in [-0.39, 0.29) is 0 Å². The van der Waals surface area contributed by atoms with Crippen molar-refractivity contribution in [3.63, 3.8) is 0 Å². The number of hydrogen-bond donors (Lipinski definition) is 1. The molecule has 5 nitrogen and oxygen atoms in total. The number of nitrogens with zero attached hydrogens (tertiary/aromatic N) is 2. The van der Waals surface area contributed by atoms with Gasteiger partial charge in [-0.2, -0.15) is 5.10 Å². The predicted molar refractivity (Wildman–Crippen MR) is 72.6 cm³/mol. The zero-order valence-electron chi connectivity index (χ0n) is 10.9. The number of para-hydroxylation sites is 1. The number of aromatic nitrogens is 2. The summed E-state index contributed by atoms with van der Waals surface area (Å²) in [6, 6.07) is 7.93. The van der Waals surface area contributed by atoms with Gasteiger partial charge in [-0.05, 0) is 6.07 Å². The van der Waals surface area contributed by atoms with Crippen LogP contribution in [0.25, 0.3) is 0 Å². The van der Waals surface area contributed by atoms with Crippen molar-refractivity contribution >= 4 is 5.82 Å². The van der Waals surface area contributed by atoms with Crippen molar-refractivity contribution in [1.82, 2.24) is 9.78 Å². The molecule has 2 heterocycles. The summed E-state index contributed by atoms with van der Waals surface area (Å²) < 4.78 is 13.2. The average Bonchev–Trinajstić information content (AvgIpc) is 2.69. The van der Waals surface area contributed by atoms with Crippen LogP contribution >= 0.6 is 0 Å². The Morgan fingerprint density at radius 2 is 2.16 bits per heavy atom. The number of aryl methyl sites for hydroxylation is 1. The van der Waals surface area contributed by atoms with Gasteiger partial charge in [-0.3, -0.25) is 4.68 Å². The van der Waals surface area contributed by atoms with E-state index in [1.165, 1.54) is 0 Å². The molecular formula is C14H17N3O2. The fraction of sp³-hybridized carbons (Fsp3) is 0.357. The number of nitrogens with one attached hydrogen (secondary N) is 1. The maximum atomic E-state index is 5.78. The Morgan fingerprint density at radius 3 is 3.00 bits per heavy atom. The first-order valence-corrected chi connectivity index (χ1v) is 6.44. The van der Waals surface area contributed by atoms with Gasteiger partial charge < -0.3 is 14.8 Å². The minimum Gasteiger partial charge on any atom is -0.490 e. The van der Waals surface area contributed by atoms with Crippen LogP contribution in [0.15, 0.2) is 30.5 Å². The summed E-state index contributed by atoms with van der Waals surface area (Å²) >= 11 is 0. The van der Waals surface area contributed by atoms with Crippen molar-refractivity contribution in [2.45, 2.75) is 13.0 Å². The largest absolute Gasteiger partial charge is 0.490 e. The maximum Gasteiger partial charge on any atom is 0.166 e. The molecule has 0 spiro atoms. The third kappa shape index (κ3) is 2.65. The minimum atomic E-state index is 0.670. The van der Waals surface area contributed by atoms with Crippen LogP contribution in [-0.2, 0) is 13.6 Å². The third-order valence-electron chi connectivity index (χ3n) is 3.03. The number of rotatable bonds is 3. The normalized spacial score (nSPS) is 13.9. The molecule has 1 aromatic heterocycles. The molecule has 100 valence electrons. The first kappa shape index (κ1) is 11.9. The molecule has 3 rings (SSSR count). The highest BCUT2D eigenvalue weighted by molar-refractivity contribution is 5.48. The summed E-state index contributed by atoms with van der Waals surface area (Å²) in [4.78, 5) is 0. The first-order chi connectivity index (χ1) is 9.33. The van der Waals surface area contributed by atoms with E-state index in [0.29, 0.717) is 19.8 Å². The van der Waals surface area contributed by atoms with Gasteiger partial charge in [-0.25, -0.2) is 0 Å². The molecule has 19 heavy (non-hydrogen) atoms. The van der Waals surface area contributed by atoms with Crippen LogP contribution in [0.1, 0.15) is 12.0 Å². The lowest BCUT2D eigenvalue weighted by Crippen LogP contribution is -2.04. The molecule has 0 amide bonds. The second-order valence-corrected chi connectivity index (χ2v) is 4.52. The van der Waals surface area contributed by atoms with Crippen LogP contribution in [0.4, 0.5) is 5.82 Å². The van der Waals surface area contributed by atoms with Crippen LogP contribution in [0.2, 0.25) is 0 Å². The van der Waals surface area contributed by atoms with Crippen molar-refractivity contribution in [2.24, 2.45) is 7.05 Å². The number of benzene rings is 1. The summed E-state index contributed by atoms with van der Waals surface area (Å²) in [7, 11) is 1.90.